The molecule has 128 valence electrons. The molecule has 1 aliphatic carbocycles. The standard InChI is InChI=1S/C18H28N2O3/c1-17(2,3)23-16(21)20-15-7-6-13(22-4)12-14(15)18(10-11-19)8-5-9-18/h6-7,12H,5,8-11,19H2,1-4H3,(H,20,21). The van der Waals surface area contributed by atoms with Gasteiger partial charge in [-0.1, -0.05) is 6.42 Å². The Balaban J connectivity index is 2.30. The largest absolute Gasteiger partial charge is 0.497 e. The number of methoxy groups -OCH3 is 1. The maximum atomic E-state index is 12.1. The van der Waals surface area contributed by atoms with Crippen molar-refractivity contribution in [2.24, 2.45) is 5.73 Å². The van der Waals surface area contributed by atoms with Crippen LogP contribution < -0.4 is 15.8 Å². The zero-order valence-electron chi connectivity index (χ0n) is 14.6. The molecule has 1 aromatic rings. The van der Waals surface area contributed by atoms with Gasteiger partial charge in [-0.25, -0.2) is 4.79 Å². The molecule has 0 aromatic heterocycles. The van der Waals surface area contributed by atoms with Crippen LogP contribution in [0.15, 0.2) is 18.2 Å². The molecule has 0 spiro atoms. The van der Waals surface area contributed by atoms with Gasteiger partial charge in [0.2, 0.25) is 0 Å². The maximum Gasteiger partial charge on any atom is 0.412 e. The summed E-state index contributed by atoms with van der Waals surface area (Å²) in [7, 11) is 1.65. The van der Waals surface area contributed by atoms with Crippen LogP contribution >= 0.6 is 0 Å². The Morgan fingerprint density at radius 3 is 2.52 bits per heavy atom. The second-order valence-corrected chi connectivity index (χ2v) is 7.21. The molecule has 0 heterocycles. The summed E-state index contributed by atoms with van der Waals surface area (Å²) in [5.41, 5.74) is 7.22. The molecule has 1 saturated carbocycles. The first-order valence-electron chi connectivity index (χ1n) is 8.18. The molecule has 5 heteroatoms. The van der Waals surface area contributed by atoms with Gasteiger partial charge in [-0.05, 0) is 75.8 Å². The quantitative estimate of drug-likeness (QED) is 0.865. The highest BCUT2D eigenvalue weighted by Gasteiger charge is 2.40. The molecule has 0 bridgehead atoms. The summed E-state index contributed by atoms with van der Waals surface area (Å²) in [6.07, 6.45) is 3.82. The van der Waals surface area contributed by atoms with E-state index in [1.165, 1.54) is 6.42 Å². The van der Waals surface area contributed by atoms with Crippen LogP contribution in [0.2, 0.25) is 0 Å². The van der Waals surface area contributed by atoms with E-state index in [1.807, 2.05) is 39.0 Å². The number of carbonyl (C=O) groups is 1. The molecule has 0 aliphatic heterocycles. The highest BCUT2D eigenvalue weighted by molar-refractivity contribution is 5.86. The van der Waals surface area contributed by atoms with E-state index >= 15 is 0 Å². The maximum absolute atomic E-state index is 12.1. The molecule has 23 heavy (non-hydrogen) atoms. The minimum Gasteiger partial charge on any atom is -0.497 e. The fourth-order valence-corrected chi connectivity index (χ4v) is 3.15. The fourth-order valence-electron chi connectivity index (χ4n) is 3.15. The Morgan fingerprint density at radius 1 is 1.35 bits per heavy atom. The van der Waals surface area contributed by atoms with E-state index in [4.69, 9.17) is 15.2 Å². The van der Waals surface area contributed by atoms with Crippen LogP contribution in [0.1, 0.15) is 52.0 Å². The summed E-state index contributed by atoms with van der Waals surface area (Å²) in [4.78, 5) is 12.1. The van der Waals surface area contributed by atoms with Crippen LogP contribution in [-0.2, 0) is 10.2 Å². The van der Waals surface area contributed by atoms with Crippen molar-refractivity contribution in [1.29, 1.82) is 0 Å². The molecule has 3 N–H and O–H groups in total. The van der Waals surface area contributed by atoms with Crippen molar-refractivity contribution in [3.8, 4) is 5.75 Å². The van der Waals surface area contributed by atoms with Gasteiger partial charge < -0.3 is 15.2 Å². The minimum atomic E-state index is -0.526. The summed E-state index contributed by atoms with van der Waals surface area (Å²) >= 11 is 0. The van der Waals surface area contributed by atoms with E-state index in [0.717, 1.165) is 36.3 Å². The topological polar surface area (TPSA) is 73.6 Å². The molecule has 0 saturated heterocycles. The molecule has 5 nitrogen and oxygen atoms in total. The van der Waals surface area contributed by atoms with Crippen molar-refractivity contribution in [3.05, 3.63) is 23.8 Å². The Kier molecular flexibility index (Phi) is 5.19. The molecule has 0 atom stereocenters. The van der Waals surface area contributed by atoms with Gasteiger partial charge >= 0.3 is 6.09 Å². The molecule has 1 amide bonds. The third-order valence-corrected chi connectivity index (χ3v) is 4.37. The Labute approximate surface area is 138 Å². The van der Waals surface area contributed by atoms with Crippen molar-refractivity contribution < 1.29 is 14.3 Å². The summed E-state index contributed by atoms with van der Waals surface area (Å²) in [6.45, 7) is 6.18. The number of carbonyl (C=O) groups excluding carboxylic acids is 1. The van der Waals surface area contributed by atoms with E-state index in [-0.39, 0.29) is 5.41 Å². The van der Waals surface area contributed by atoms with Crippen LogP contribution in [0.25, 0.3) is 0 Å². The number of ether oxygens (including phenoxy) is 2. The molecule has 1 fully saturated rings. The first-order chi connectivity index (χ1) is 10.8. The second-order valence-electron chi connectivity index (χ2n) is 7.21. The van der Waals surface area contributed by atoms with E-state index in [2.05, 4.69) is 5.32 Å². The normalized spacial score (nSPS) is 16.4. The van der Waals surface area contributed by atoms with Gasteiger partial charge in [-0.15, -0.1) is 0 Å². The third kappa shape index (κ3) is 4.16. The smallest absolute Gasteiger partial charge is 0.412 e. The number of benzene rings is 1. The fraction of sp³-hybridized carbons (Fsp3) is 0.611. The molecule has 0 unspecified atom stereocenters. The van der Waals surface area contributed by atoms with Crippen LogP contribution in [-0.4, -0.2) is 25.3 Å². The van der Waals surface area contributed by atoms with Crippen molar-refractivity contribution in [2.45, 2.75) is 57.5 Å². The molecular weight excluding hydrogens is 292 g/mol. The zero-order valence-corrected chi connectivity index (χ0v) is 14.6. The first-order valence-corrected chi connectivity index (χ1v) is 8.18. The predicted octanol–water partition coefficient (Wildman–Crippen LogP) is 3.81. The van der Waals surface area contributed by atoms with Crippen molar-refractivity contribution >= 4 is 11.8 Å². The van der Waals surface area contributed by atoms with E-state index < -0.39 is 11.7 Å². The van der Waals surface area contributed by atoms with Crippen molar-refractivity contribution in [1.82, 2.24) is 0 Å². The van der Waals surface area contributed by atoms with Gasteiger partial charge in [0.1, 0.15) is 11.4 Å². The Hall–Kier alpha value is -1.75. The number of anilines is 1. The lowest BCUT2D eigenvalue weighted by atomic mass is 9.62. The van der Waals surface area contributed by atoms with Crippen LogP contribution in [0.4, 0.5) is 10.5 Å². The average Bonchev–Trinajstić information content (AvgIpc) is 2.41. The highest BCUT2D eigenvalue weighted by Crippen LogP contribution is 2.49. The SMILES string of the molecule is COc1ccc(NC(=O)OC(C)(C)C)c(C2(CCN)CCC2)c1. The van der Waals surface area contributed by atoms with Crippen molar-refractivity contribution in [3.63, 3.8) is 0 Å². The zero-order chi connectivity index (χ0) is 17.1. The number of hydrogen-bond donors (Lipinski definition) is 2. The van der Waals surface area contributed by atoms with Crippen LogP contribution in [0.5, 0.6) is 5.75 Å². The van der Waals surface area contributed by atoms with Gasteiger partial charge in [-0.3, -0.25) is 5.32 Å². The number of hydrogen-bond acceptors (Lipinski definition) is 4. The Bertz CT molecular complexity index is 560. The molecule has 1 aromatic carbocycles. The van der Waals surface area contributed by atoms with Gasteiger partial charge in [0, 0.05) is 5.69 Å². The van der Waals surface area contributed by atoms with Gasteiger partial charge in [0.15, 0.2) is 0 Å². The number of nitrogens with two attached hydrogens (primary N) is 1. The van der Waals surface area contributed by atoms with E-state index in [0.29, 0.717) is 6.54 Å². The van der Waals surface area contributed by atoms with Crippen LogP contribution in [0.3, 0.4) is 0 Å². The molecule has 1 aliphatic rings. The van der Waals surface area contributed by atoms with Crippen LogP contribution in [0, 0.1) is 0 Å². The third-order valence-electron chi connectivity index (χ3n) is 4.37. The Morgan fingerprint density at radius 2 is 2.04 bits per heavy atom. The molecular formula is C18H28N2O3. The minimum absolute atomic E-state index is 0.0354. The molecule has 0 radical (unpaired) electrons. The first kappa shape index (κ1) is 17.6. The monoisotopic (exact) mass is 320 g/mol. The number of amides is 1. The highest BCUT2D eigenvalue weighted by atomic mass is 16.6. The lowest BCUT2D eigenvalue weighted by Gasteiger charge is -2.43. The van der Waals surface area contributed by atoms with Gasteiger partial charge in [-0.2, -0.15) is 0 Å². The summed E-state index contributed by atoms with van der Waals surface area (Å²) in [5, 5.41) is 2.89. The second kappa shape index (κ2) is 6.79. The van der Waals surface area contributed by atoms with E-state index in [1.54, 1.807) is 7.11 Å². The summed E-state index contributed by atoms with van der Waals surface area (Å²) in [6, 6.07) is 5.75. The van der Waals surface area contributed by atoms with Gasteiger partial charge in [0.25, 0.3) is 0 Å². The lowest BCUT2D eigenvalue weighted by Crippen LogP contribution is -2.37. The van der Waals surface area contributed by atoms with Crippen molar-refractivity contribution in [2.75, 3.05) is 19.0 Å². The van der Waals surface area contributed by atoms with Gasteiger partial charge in [0.05, 0.1) is 7.11 Å². The summed E-state index contributed by atoms with van der Waals surface area (Å²) < 4.78 is 10.7. The molecule has 2 rings (SSSR count). The summed E-state index contributed by atoms with van der Waals surface area (Å²) in [5.74, 6) is 0.790. The van der Waals surface area contributed by atoms with E-state index in [9.17, 15) is 4.79 Å². The average molecular weight is 320 g/mol. The predicted molar refractivity (Wildman–Crippen MR) is 92.1 cm³/mol. The lowest BCUT2D eigenvalue weighted by molar-refractivity contribution is 0.0635. The number of nitrogens with one attached hydrogen (secondary N) is 1. The number of rotatable bonds is 5.